The second-order valence-corrected chi connectivity index (χ2v) is 12.0. The van der Waals surface area contributed by atoms with Gasteiger partial charge in [-0.25, -0.2) is 0 Å². The summed E-state index contributed by atoms with van der Waals surface area (Å²) < 4.78 is 0. The lowest BCUT2D eigenvalue weighted by atomic mass is 9.77. The van der Waals surface area contributed by atoms with E-state index in [-0.39, 0.29) is 5.41 Å². The maximum atomic E-state index is 4.82. The molecule has 6 rings (SSSR count). The minimum atomic E-state index is 0.128. The summed E-state index contributed by atoms with van der Waals surface area (Å²) in [4.78, 5) is 14.0. The molecule has 0 aromatic carbocycles. The lowest BCUT2D eigenvalue weighted by Gasteiger charge is -2.27. The normalized spacial score (nSPS) is 31.4. The van der Waals surface area contributed by atoms with Crippen LogP contribution in [0.3, 0.4) is 0 Å². The molecule has 0 fully saturated rings. The first-order valence-electron chi connectivity index (χ1n) is 13.2. The Balaban J connectivity index is 1.34. The lowest BCUT2D eigenvalue weighted by molar-refractivity contribution is 0.438. The highest BCUT2D eigenvalue weighted by molar-refractivity contribution is 5.49. The van der Waals surface area contributed by atoms with Gasteiger partial charge in [-0.1, -0.05) is 34.6 Å². The molecular weight excluding hydrogens is 414 g/mol. The Morgan fingerprint density at radius 1 is 0.794 bits per heavy atom. The van der Waals surface area contributed by atoms with E-state index < -0.39 is 0 Å². The first kappa shape index (κ1) is 21.9. The fourth-order valence-corrected chi connectivity index (χ4v) is 7.96. The third-order valence-electron chi connectivity index (χ3n) is 9.29. The Morgan fingerprint density at radius 2 is 1.65 bits per heavy atom. The van der Waals surface area contributed by atoms with Gasteiger partial charge in [0, 0.05) is 36.7 Å². The van der Waals surface area contributed by atoms with Crippen LogP contribution in [-0.2, 0) is 18.3 Å². The maximum Gasteiger partial charge on any atom is 0.0469 e. The molecule has 0 spiro atoms. The summed E-state index contributed by atoms with van der Waals surface area (Å²) in [6.07, 6.45) is 16.3. The molecule has 3 aromatic heterocycles. The van der Waals surface area contributed by atoms with Crippen molar-refractivity contribution in [3.05, 3.63) is 87.8 Å². The molecule has 0 N–H and O–H groups in total. The van der Waals surface area contributed by atoms with Crippen molar-refractivity contribution >= 4 is 0 Å². The molecule has 0 unspecified atom stereocenters. The van der Waals surface area contributed by atoms with Gasteiger partial charge in [0.15, 0.2) is 0 Å². The zero-order valence-corrected chi connectivity index (χ0v) is 21.3. The van der Waals surface area contributed by atoms with Gasteiger partial charge in [-0.15, -0.1) is 0 Å². The van der Waals surface area contributed by atoms with Gasteiger partial charge in [0.2, 0.25) is 0 Å². The molecule has 3 aromatic rings. The molecule has 0 aliphatic heterocycles. The Bertz CT molecular complexity index is 1250. The van der Waals surface area contributed by atoms with Crippen LogP contribution < -0.4 is 0 Å². The van der Waals surface area contributed by atoms with Gasteiger partial charge in [-0.3, -0.25) is 15.0 Å². The van der Waals surface area contributed by atoms with Crippen LogP contribution in [-0.4, -0.2) is 15.0 Å². The summed E-state index contributed by atoms with van der Waals surface area (Å²) in [6, 6.07) is 4.54. The Hall–Kier alpha value is -2.55. The number of fused-ring (bicyclic) bond motifs is 3. The predicted molar refractivity (Wildman–Crippen MR) is 138 cm³/mol. The number of rotatable bonds is 4. The van der Waals surface area contributed by atoms with E-state index >= 15 is 0 Å². The van der Waals surface area contributed by atoms with Crippen molar-refractivity contribution in [3.8, 4) is 0 Å². The van der Waals surface area contributed by atoms with Crippen molar-refractivity contribution < 1.29 is 0 Å². The number of hydrogen-bond donors (Lipinski definition) is 0. The summed E-state index contributed by atoms with van der Waals surface area (Å²) in [5, 5.41) is 0. The number of nitrogens with zero attached hydrogens (tertiary/aromatic N) is 3. The largest absolute Gasteiger partial charge is 0.264 e. The topological polar surface area (TPSA) is 38.7 Å². The minimum absolute atomic E-state index is 0.128. The highest BCUT2D eigenvalue weighted by Gasteiger charge is 2.42. The predicted octanol–water partition coefficient (Wildman–Crippen LogP) is 7.32. The molecule has 0 radical (unpaired) electrons. The quantitative estimate of drug-likeness (QED) is 0.417. The SMILES string of the molecule is C[C@@H]1C[C@H](Cc2cncc3c2[C@H](C)C[C@]3(C)Cc2ccnc3c2[C@H](C)C[C@@H]3C)c2ccncc21. The Labute approximate surface area is 204 Å². The maximum absolute atomic E-state index is 4.82. The smallest absolute Gasteiger partial charge is 0.0469 e. The van der Waals surface area contributed by atoms with Gasteiger partial charge in [0.1, 0.15) is 0 Å². The van der Waals surface area contributed by atoms with Crippen LogP contribution in [0.2, 0.25) is 0 Å². The van der Waals surface area contributed by atoms with Gasteiger partial charge in [0.05, 0.1) is 0 Å². The molecule has 0 saturated carbocycles. The van der Waals surface area contributed by atoms with E-state index in [2.05, 4.69) is 70.3 Å². The average Bonchev–Trinajstić information content (AvgIpc) is 3.39. The molecule has 3 aliphatic carbocycles. The van der Waals surface area contributed by atoms with E-state index in [1.807, 2.05) is 12.4 Å². The van der Waals surface area contributed by atoms with Crippen LogP contribution in [0.25, 0.3) is 0 Å². The Kier molecular flexibility index (Phi) is 5.17. The van der Waals surface area contributed by atoms with Crippen LogP contribution in [0.1, 0.15) is 128 Å². The second-order valence-electron chi connectivity index (χ2n) is 12.0. The average molecular weight is 452 g/mol. The van der Waals surface area contributed by atoms with Gasteiger partial charge in [0.25, 0.3) is 0 Å². The Morgan fingerprint density at radius 3 is 2.50 bits per heavy atom. The first-order valence-corrected chi connectivity index (χ1v) is 13.2. The van der Waals surface area contributed by atoms with Crippen molar-refractivity contribution in [1.29, 1.82) is 0 Å². The van der Waals surface area contributed by atoms with Crippen molar-refractivity contribution in [3.63, 3.8) is 0 Å². The van der Waals surface area contributed by atoms with Gasteiger partial charge in [-0.2, -0.15) is 0 Å². The highest BCUT2D eigenvalue weighted by atomic mass is 14.7. The van der Waals surface area contributed by atoms with E-state index in [4.69, 9.17) is 9.97 Å². The van der Waals surface area contributed by atoms with E-state index in [1.165, 1.54) is 58.3 Å². The standard InChI is InChI=1S/C31H37N3/c1-18-11-23(25-7-8-32-16-26(18)25)12-24-15-33-17-27-28(24)21(4)13-31(27,5)14-22-6-9-34-30-20(3)10-19(2)29(22)30/h6-9,15-21,23H,10-14H2,1-5H3/t18-,19-,20+,21-,23-,31-/m1/s1. The lowest BCUT2D eigenvalue weighted by Crippen LogP contribution is -2.23. The zero-order valence-electron chi connectivity index (χ0n) is 21.3. The fraction of sp³-hybridized carbons (Fsp3) is 0.516. The summed E-state index contributed by atoms with van der Waals surface area (Å²) in [5.74, 6) is 2.93. The molecule has 176 valence electrons. The molecule has 3 nitrogen and oxygen atoms in total. The summed E-state index contributed by atoms with van der Waals surface area (Å²) in [6.45, 7) is 12.0. The van der Waals surface area contributed by atoms with E-state index in [9.17, 15) is 0 Å². The van der Waals surface area contributed by atoms with Crippen LogP contribution in [0.4, 0.5) is 0 Å². The molecule has 3 aliphatic rings. The number of pyridine rings is 3. The minimum Gasteiger partial charge on any atom is -0.264 e. The summed E-state index contributed by atoms with van der Waals surface area (Å²) >= 11 is 0. The second kappa shape index (κ2) is 8.00. The van der Waals surface area contributed by atoms with Crippen molar-refractivity contribution in [2.75, 3.05) is 0 Å². The number of aromatic nitrogens is 3. The zero-order chi connectivity index (χ0) is 23.6. The monoisotopic (exact) mass is 451 g/mol. The van der Waals surface area contributed by atoms with Crippen LogP contribution in [0, 0.1) is 0 Å². The third kappa shape index (κ3) is 3.34. The first-order chi connectivity index (χ1) is 16.4. The van der Waals surface area contributed by atoms with Crippen LogP contribution in [0.5, 0.6) is 0 Å². The molecule has 0 bridgehead atoms. The molecule has 34 heavy (non-hydrogen) atoms. The summed E-state index contributed by atoms with van der Waals surface area (Å²) in [5.41, 5.74) is 12.0. The van der Waals surface area contributed by atoms with E-state index in [0.29, 0.717) is 29.6 Å². The van der Waals surface area contributed by atoms with Crippen LogP contribution in [0.15, 0.2) is 43.1 Å². The molecule has 0 saturated heterocycles. The van der Waals surface area contributed by atoms with Gasteiger partial charge < -0.3 is 0 Å². The molecule has 6 atom stereocenters. The third-order valence-corrected chi connectivity index (χ3v) is 9.29. The van der Waals surface area contributed by atoms with Crippen molar-refractivity contribution in [2.45, 2.75) is 102 Å². The van der Waals surface area contributed by atoms with Gasteiger partial charge >= 0.3 is 0 Å². The van der Waals surface area contributed by atoms with E-state index in [1.54, 1.807) is 5.56 Å². The molecule has 3 heterocycles. The van der Waals surface area contributed by atoms with Crippen LogP contribution >= 0.6 is 0 Å². The van der Waals surface area contributed by atoms with E-state index in [0.717, 1.165) is 12.8 Å². The van der Waals surface area contributed by atoms with Gasteiger partial charge in [-0.05, 0) is 118 Å². The summed E-state index contributed by atoms with van der Waals surface area (Å²) in [7, 11) is 0. The fourth-order valence-electron chi connectivity index (χ4n) is 7.96. The molecule has 3 heteroatoms. The van der Waals surface area contributed by atoms with Crippen molar-refractivity contribution in [1.82, 2.24) is 15.0 Å². The highest BCUT2D eigenvalue weighted by Crippen LogP contribution is 2.52. The van der Waals surface area contributed by atoms with Crippen molar-refractivity contribution in [2.24, 2.45) is 0 Å². The molecule has 0 amide bonds. The molecular formula is C31H37N3. The number of hydrogen-bond acceptors (Lipinski definition) is 3.